The van der Waals surface area contributed by atoms with Crippen LogP contribution in [-0.2, 0) is 0 Å². The van der Waals surface area contributed by atoms with E-state index in [0.717, 1.165) is 4.68 Å². The molecule has 4 rings (SSSR count). The first-order valence-electron chi connectivity index (χ1n) is 8.97. The Morgan fingerprint density at radius 1 is 0.793 bits per heavy atom. The van der Waals surface area contributed by atoms with Crippen LogP contribution in [0.5, 0.6) is 0 Å². The summed E-state index contributed by atoms with van der Waals surface area (Å²) in [5.74, 6) is -1.62. The van der Waals surface area contributed by atoms with Crippen LogP contribution in [0.2, 0.25) is 0 Å². The van der Waals surface area contributed by atoms with Gasteiger partial charge in [-0.3, -0.25) is 9.59 Å². The van der Waals surface area contributed by atoms with Crippen LogP contribution in [0.15, 0.2) is 89.7 Å². The van der Waals surface area contributed by atoms with Crippen LogP contribution >= 0.6 is 0 Å². The van der Waals surface area contributed by atoms with Crippen molar-refractivity contribution in [3.05, 3.63) is 112 Å². The largest absolute Gasteiger partial charge is 0.476 e. The highest BCUT2D eigenvalue weighted by Crippen LogP contribution is 2.23. The van der Waals surface area contributed by atoms with E-state index in [1.807, 2.05) is 0 Å². The van der Waals surface area contributed by atoms with E-state index in [2.05, 4.69) is 5.10 Å². The van der Waals surface area contributed by atoms with Gasteiger partial charge in [0.1, 0.15) is 6.04 Å². The molecule has 6 nitrogen and oxygen atoms in total. The van der Waals surface area contributed by atoms with Gasteiger partial charge in [-0.2, -0.15) is 5.10 Å². The van der Waals surface area contributed by atoms with E-state index in [0.29, 0.717) is 11.1 Å². The molecule has 1 N–H and O–H groups in total. The zero-order valence-corrected chi connectivity index (χ0v) is 15.2. The van der Waals surface area contributed by atoms with E-state index >= 15 is 0 Å². The van der Waals surface area contributed by atoms with Crippen molar-refractivity contribution in [1.29, 1.82) is 0 Å². The number of rotatable bonds is 5. The van der Waals surface area contributed by atoms with Gasteiger partial charge < -0.3 is 5.11 Å². The number of aromatic carboxylic acids is 1. The fourth-order valence-electron chi connectivity index (χ4n) is 3.34. The predicted molar refractivity (Wildman–Crippen MR) is 108 cm³/mol. The van der Waals surface area contributed by atoms with Gasteiger partial charge in [0.2, 0.25) is 0 Å². The summed E-state index contributed by atoms with van der Waals surface area (Å²) in [6.45, 7) is 0. The number of carboxylic acid groups (broad SMARTS) is 1. The molecule has 0 saturated heterocycles. The number of hydrogen-bond acceptors (Lipinski definition) is 4. The second-order valence-corrected chi connectivity index (χ2v) is 6.49. The second-order valence-electron chi connectivity index (χ2n) is 6.49. The molecule has 0 aliphatic rings. The summed E-state index contributed by atoms with van der Waals surface area (Å²) in [5, 5.41) is 14.2. The van der Waals surface area contributed by atoms with E-state index in [1.165, 1.54) is 12.1 Å². The Balaban J connectivity index is 2.02. The number of aromatic nitrogens is 2. The van der Waals surface area contributed by atoms with Gasteiger partial charge in [0.15, 0.2) is 11.5 Å². The Labute approximate surface area is 165 Å². The van der Waals surface area contributed by atoms with Crippen molar-refractivity contribution in [3.8, 4) is 0 Å². The van der Waals surface area contributed by atoms with E-state index in [9.17, 15) is 19.5 Å². The van der Waals surface area contributed by atoms with Crippen LogP contribution in [0.3, 0.4) is 0 Å². The van der Waals surface area contributed by atoms with Gasteiger partial charge >= 0.3 is 5.97 Å². The summed E-state index contributed by atoms with van der Waals surface area (Å²) in [6, 6.07) is 22.6. The maximum absolute atomic E-state index is 13.4. The van der Waals surface area contributed by atoms with E-state index in [4.69, 9.17) is 0 Å². The topological polar surface area (TPSA) is 89.3 Å². The molecule has 4 aromatic rings. The number of nitrogens with zero attached hydrogens (tertiary/aromatic N) is 2. The Bertz CT molecular complexity index is 1260. The maximum Gasteiger partial charge on any atom is 0.357 e. The second kappa shape index (κ2) is 7.52. The van der Waals surface area contributed by atoms with E-state index in [1.54, 1.807) is 72.8 Å². The van der Waals surface area contributed by atoms with Crippen molar-refractivity contribution in [2.24, 2.45) is 0 Å². The molecule has 0 saturated carbocycles. The lowest BCUT2D eigenvalue weighted by Gasteiger charge is -2.19. The van der Waals surface area contributed by atoms with E-state index < -0.39 is 17.6 Å². The minimum absolute atomic E-state index is 0.196. The van der Waals surface area contributed by atoms with Crippen molar-refractivity contribution in [2.45, 2.75) is 6.04 Å². The molecule has 29 heavy (non-hydrogen) atoms. The van der Waals surface area contributed by atoms with Gasteiger partial charge in [-0.1, -0.05) is 78.9 Å². The molecule has 3 aromatic carbocycles. The average Bonchev–Trinajstić information content (AvgIpc) is 2.76. The molecular weight excluding hydrogens is 368 g/mol. The first kappa shape index (κ1) is 18.3. The first-order valence-corrected chi connectivity index (χ1v) is 8.97. The quantitative estimate of drug-likeness (QED) is 0.532. The third kappa shape index (κ3) is 3.32. The molecule has 6 heteroatoms. The number of carboxylic acids is 1. The van der Waals surface area contributed by atoms with Gasteiger partial charge in [-0.25, -0.2) is 9.48 Å². The van der Waals surface area contributed by atoms with Gasteiger partial charge in [-0.05, 0) is 11.6 Å². The fraction of sp³-hybridized carbons (Fsp3) is 0.0435. The molecular formula is C23H16N2O4. The molecule has 0 unspecified atom stereocenters. The standard InChI is InChI=1S/C23H16N2O4/c26-21(16-11-5-2-6-12-16)20(15-9-3-1-4-10-15)25-22(27)18-14-8-7-13-17(18)19(24-25)23(28)29/h1-14,20H,(H,28,29)/t20-/m0/s1. The molecule has 0 aliphatic heterocycles. The summed E-state index contributed by atoms with van der Waals surface area (Å²) in [4.78, 5) is 38.4. The van der Waals surface area contributed by atoms with Crippen molar-refractivity contribution >= 4 is 22.5 Å². The molecule has 0 amide bonds. The number of Topliss-reactive ketones (excluding diaryl/α,β-unsaturated/α-hetero) is 1. The molecule has 0 aliphatic carbocycles. The number of hydrogen-bond donors (Lipinski definition) is 1. The Kier molecular flexibility index (Phi) is 4.75. The minimum Gasteiger partial charge on any atom is -0.476 e. The van der Waals surface area contributed by atoms with Gasteiger partial charge in [0, 0.05) is 10.9 Å². The highest BCUT2D eigenvalue weighted by Gasteiger charge is 2.28. The molecule has 0 fully saturated rings. The third-order valence-corrected chi connectivity index (χ3v) is 4.70. The molecule has 0 spiro atoms. The van der Waals surface area contributed by atoms with Crippen LogP contribution in [0.1, 0.15) is 32.5 Å². The number of ketones is 1. The lowest BCUT2D eigenvalue weighted by Crippen LogP contribution is -2.34. The lowest BCUT2D eigenvalue weighted by atomic mass is 9.97. The molecule has 1 atom stereocenters. The summed E-state index contributed by atoms with van der Waals surface area (Å²) >= 11 is 0. The summed E-state index contributed by atoms with van der Waals surface area (Å²) in [5.41, 5.74) is 0.147. The molecule has 1 aromatic heterocycles. The van der Waals surface area contributed by atoms with Gasteiger partial charge in [0.25, 0.3) is 5.56 Å². The molecule has 0 radical (unpaired) electrons. The Morgan fingerprint density at radius 2 is 1.34 bits per heavy atom. The summed E-state index contributed by atoms with van der Waals surface area (Å²) < 4.78 is 0.983. The number of benzene rings is 3. The normalized spacial score (nSPS) is 11.9. The van der Waals surface area contributed by atoms with Crippen LogP contribution in [0.4, 0.5) is 0 Å². The van der Waals surface area contributed by atoms with Crippen LogP contribution < -0.4 is 5.56 Å². The highest BCUT2D eigenvalue weighted by atomic mass is 16.4. The number of carbonyl (C=O) groups is 2. The summed E-state index contributed by atoms with van der Waals surface area (Å²) in [7, 11) is 0. The number of fused-ring (bicyclic) bond motifs is 1. The zero-order chi connectivity index (χ0) is 20.4. The van der Waals surface area contributed by atoms with Crippen LogP contribution in [-0.4, -0.2) is 26.6 Å². The first-order chi connectivity index (χ1) is 14.1. The van der Waals surface area contributed by atoms with Crippen molar-refractivity contribution in [1.82, 2.24) is 9.78 Å². The Hall–Kier alpha value is -4.06. The summed E-state index contributed by atoms with van der Waals surface area (Å²) in [6.07, 6.45) is 0. The fourth-order valence-corrected chi connectivity index (χ4v) is 3.34. The van der Waals surface area contributed by atoms with E-state index in [-0.39, 0.29) is 22.2 Å². The third-order valence-electron chi connectivity index (χ3n) is 4.70. The van der Waals surface area contributed by atoms with Crippen LogP contribution in [0.25, 0.3) is 10.8 Å². The van der Waals surface area contributed by atoms with Crippen LogP contribution in [0, 0.1) is 0 Å². The van der Waals surface area contributed by atoms with Crippen molar-refractivity contribution < 1.29 is 14.7 Å². The van der Waals surface area contributed by atoms with Crippen molar-refractivity contribution in [2.75, 3.05) is 0 Å². The minimum atomic E-state index is -1.27. The molecule has 0 bridgehead atoms. The average molecular weight is 384 g/mol. The molecule has 142 valence electrons. The smallest absolute Gasteiger partial charge is 0.357 e. The van der Waals surface area contributed by atoms with Gasteiger partial charge in [-0.15, -0.1) is 0 Å². The lowest BCUT2D eigenvalue weighted by molar-refractivity contribution is 0.0687. The van der Waals surface area contributed by atoms with Crippen molar-refractivity contribution in [3.63, 3.8) is 0 Å². The Morgan fingerprint density at radius 3 is 1.97 bits per heavy atom. The van der Waals surface area contributed by atoms with Gasteiger partial charge in [0.05, 0.1) is 5.39 Å². The molecule has 1 heterocycles. The monoisotopic (exact) mass is 384 g/mol. The maximum atomic E-state index is 13.4. The predicted octanol–water partition coefficient (Wildman–Crippen LogP) is 3.57. The highest BCUT2D eigenvalue weighted by molar-refractivity contribution is 6.03. The SMILES string of the molecule is O=C(O)c1nn([C@H](C(=O)c2ccccc2)c2ccccc2)c(=O)c2ccccc12. The zero-order valence-electron chi connectivity index (χ0n) is 15.2. The number of carbonyl (C=O) groups excluding carboxylic acids is 1.